The molecule has 0 aliphatic carbocycles. The van der Waals surface area contributed by atoms with E-state index in [0.29, 0.717) is 54.1 Å². The minimum absolute atomic E-state index is 0.169. The first-order valence-electron chi connectivity index (χ1n) is 10.3. The fourth-order valence-corrected chi connectivity index (χ4v) is 3.56. The fourth-order valence-electron chi connectivity index (χ4n) is 3.56. The minimum atomic E-state index is -0.484. The van der Waals surface area contributed by atoms with E-state index in [9.17, 15) is 24.6 Å². The number of methoxy groups -OCH3 is 1. The SMILES string of the molecule is COC(=O)c1ccc(C)c(NC(=O)N2CCN(C(=O)c3ccc(CO)cc3CO)CC2)c1. The van der Waals surface area contributed by atoms with Gasteiger partial charge in [-0.15, -0.1) is 0 Å². The second-order valence-corrected chi connectivity index (χ2v) is 7.54. The van der Waals surface area contributed by atoms with Gasteiger partial charge in [0, 0.05) is 37.4 Å². The lowest BCUT2D eigenvalue weighted by Crippen LogP contribution is -2.51. The molecular formula is C23H27N3O6. The standard InChI is InChI=1S/C23H27N3O6/c1-15-3-5-17(22(30)32-2)12-20(15)24-23(31)26-9-7-25(8-10-26)21(29)19-6-4-16(13-27)11-18(19)14-28/h3-6,11-12,27-28H,7-10,13-14H2,1-2H3,(H,24,31). The van der Waals surface area contributed by atoms with Gasteiger partial charge in [0.2, 0.25) is 0 Å². The van der Waals surface area contributed by atoms with Crippen molar-refractivity contribution in [3.63, 3.8) is 0 Å². The third-order valence-corrected chi connectivity index (χ3v) is 5.51. The van der Waals surface area contributed by atoms with Crippen LogP contribution in [0.15, 0.2) is 36.4 Å². The number of hydrogen-bond donors (Lipinski definition) is 3. The summed E-state index contributed by atoms with van der Waals surface area (Å²) in [7, 11) is 1.30. The summed E-state index contributed by atoms with van der Waals surface area (Å²) in [5.74, 6) is -0.706. The molecule has 1 saturated heterocycles. The number of piperazine rings is 1. The lowest BCUT2D eigenvalue weighted by Gasteiger charge is -2.35. The smallest absolute Gasteiger partial charge is 0.337 e. The molecule has 2 aromatic rings. The number of carbonyl (C=O) groups is 3. The predicted octanol–water partition coefficient (Wildman–Crippen LogP) is 1.76. The van der Waals surface area contributed by atoms with E-state index in [2.05, 4.69) is 5.32 Å². The van der Waals surface area contributed by atoms with Crippen LogP contribution in [-0.4, -0.2) is 71.2 Å². The molecule has 9 nitrogen and oxygen atoms in total. The van der Waals surface area contributed by atoms with Crippen LogP contribution in [0.3, 0.4) is 0 Å². The summed E-state index contributed by atoms with van der Waals surface area (Å²) >= 11 is 0. The molecule has 0 atom stereocenters. The van der Waals surface area contributed by atoms with Crippen LogP contribution in [-0.2, 0) is 18.0 Å². The Balaban J connectivity index is 1.63. The van der Waals surface area contributed by atoms with Gasteiger partial charge in [0.1, 0.15) is 0 Å². The van der Waals surface area contributed by atoms with Crippen molar-refractivity contribution in [2.24, 2.45) is 0 Å². The number of amides is 3. The second kappa shape index (κ2) is 10.3. The molecule has 0 spiro atoms. The molecular weight excluding hydrogens is 414 g/mol. The molecule has 0 aromatic heterocycles. The maximum atomic E-state index is 12.9. The van der Waals surface area contributed by atoms with Gasteiger partial charge in [0.25, 0.3) is 5.91 Å². The van der Waals surface area contributed by atoms with Crippen LogP contribution in [0, 0.1) is 6.92 Å². The van der Waals surface area contributed by atoms with E-state index in [0.717, 1.165) is 5.56 Å². The van der Waals surface area contributed by atoms with E-state index < -0.39 is 5.97 Å². The Hall–Kier alpha value is -3.43. The largest absolute Gasteiger partial charge is 0.465 e. The Kier molecular flexibility index (Phi) is 7.45. The number of esters is 1. The van der Waals surface area contributed by atoms with E-state index in [1.54, 1.807) is 46.2 Å². The first kappa shape index (κ1) is 23.2. The summed E-state index contributed by atoms with van der Waals surface area (Å²) in [6.45, 7) is 2.74. The third-order valence-electron chi connectivity index (χ3n) is 5.51. The van der Waals surface area contributed by atoms with Crippen LogP contribution in [0.5, 0.6) is 0 Å². The highest BCUT2D eigenvalue weighted by Crippen LogP contribution is 2.20. The normalized spacial score (nSPS) is 13.6. The molecule has 1 heterocycles. The fraction of sp³-hybridized carbons (Fsp3) is 0.348. The van der Waals surface area contributed by atoms with E-state index >= 15 is 0 Å². The number of aliphatic hydroxyl groups is 2. The van der Waals surface area contributed by atoms with Crippen molar-refractivity contribution < 1.29 is 29.3 Å². The van der Waals surface area contributed by atoms with Crippen LogP contribution in [0.25, 0.3) is 0 Å². The summed E-state index contributed by atoms with van der Waals surface area (Å²) in [6, 6.07) is 9.50. The number of ether oxygens (including phenoxy) is 1. The Bertz CT molecular complexity index is 1010. The van der Waals surface area contributed by atoms with Crippen molar-refractivity contribution in [1.29, 1.82) is 0 Å². The van der Waals surface area contributed by atoms with Crippen molar-refractivity contribution in [2.45, 2.75) is 20.1 Å². The number of carbonyl (C=O) groups excluding carboxylic acids is 3. The topological polar surface area (TPSA) is 119 Å². The third kappa shape index (κ3) is 5.06. The number of nitrogens with one attached hydrogen (secondary N) is 1. The van der Waals surface area contributed by atoms with Gasteiger partial charge < -0.3 is 30.1 Å². The molecule has 1 fully saturated rings. The predicted molar refractivity (Wildman–Crippen MR) is 117 cm³/mol. The zero-order valence-electron chi connectivity index (χ0n) is 18.1. The quantitative estimate of drug-likeness (QED) is 0.609. The molecule has 9 heteroatoms. The Labute approximate surface area is 186 Å². The van der Waals surface area contributed by atoms with Gasteiger partial charge in [-0.25, -0.2) is 9.59 Å². The van der Waals surface area contributed by atoms with Gasteiger partial charge in [-0.05, 0) is 41.8 Å². The first-order valence-corrected chi connectivity index (χ1v) is 10.3. The van der Waals surface area contributed by atoms with Crippen molar-refractivity contribution >= 4 is 23.6 Å². The molecule has 170 valence electrons. The minimum Gasteiger partial charge on any atom is -0.465 e. The number of aliphatic hydroxyl groups excluding tert-OH is 2. The van der Waals surface area contributed by atoms with Crippen LogP contribution in [0.2, 0.25) is 0 Å². The number of rotatable bonds is 5. The van der Waals surface area contributed by atoms with Crippen molar-refractivity contribution in [3.05, 3.63) is 64.2 Å². The van der Waals surface area contributed by atoms with Crippen LogP contribution < -0.4 is 5.32 Å². The Morgan fingerprint density at radius 3 is 2.28 bits per heavy atom. The van der Waals surface area contributed by atoms with E-state index in [4.69, 9.17) is 4.74 Å². The molecule has 0 unspecified atom stereocenters. The van der Waals surface area contributed by atoms with E-state index in [1.165, 1.54) is 7.11 Å². The summed E-state index contributed by atoms with van der Waals surface area (Å²) in [6.07, 6.45) is 0. The van der Waals surface area contributed by atoms with Gasteiger partial charge in [-0.2, -0.15) is 0 Å². The Morgan fingerprint density at radius 1 is 0.969 bits per heavy atom. The molecule has 2 aromatic carbocycles. The molecule has 3 rings (SSSR count). The summed E-state index contributed by atoms with van der Waals surface area (Å²) in [5.41, 5.74) is 3.14. The van der Waals surface area contributed by atoms with Gasteiger partial charge in [-0.1, -0.05) is 18.2 Å². The highest BCUT2D eigenvalue weighted by Gasteiger charge is 2.26. The van der Waals surface area contributed by atoms with Crippen LogP contribution >= 0.6 is 0 Å². The van der Waals surface area contributed by atoms with Crippen LogP contribution in [0.1, 0.15) is 37.4 Å². The maximum absolute atomic E-state index is 12.9. The van der Waals surface area contributed by atoms with Crippen molar-refractivity contribution in [1.82, 2.24) is 9.80 Å². The number of anilines is 1. The molecule has 1 aliphatic heterocycles. The number of benzene rings is 2. The highest BCUT2D eigenvalue weighted by atomic mass is 16.5. The van der Waals surface area contributed by atoms with Crippen LogP contribution in [0.4, 0.5) is 10.5 Å². The average molecular weight is 441 g/mol. The number of urea groups is 1. The average Bonchev–Trinajstić information content (AvgIpc) is 2.83. The van der Waals surface area contributed by atoms with Gasteiger partial charge in [0.15, 0.2) is 0 Å². The van der Waals surface area contributed by atoms with Gasteiger partial charge >= 0.3 is 12.0 Å². The van der Waals surface area contributed by atoms with Gasteiger partial charge in [0.05, 0.1) is 25.9 Å². The van der Waals surface area contributed by atoms with Crippen molar-refractivity contribution in [2.75, 3.05) is 38.6 Å². The van der Waals surface area contributed by atoms with Gasteiger partial charge in [-0.3, -0.25) is 4.79 Å². The monoisotopic (exact) mass is 441 g/mol. The van der Waals surface area contributed by atoms with E-state index in [1.807, 2.05) is 6.92 Å². The first-order chi connectivity index (χ1) is 15.4. The molecule has 32 heavy (non-hydrogen) atoms. The maximum Gasteiger partial charge on any atom is 0.337 e. The summed E-state index contributed by atoms with van der Waals surface area (Å²) in [4.78, 5) is 40.6. The number of aryl methyl sites for hydroxylation is 1. The molecule has 3 amide bonds. The molecule has 1 aliphatic rings. The summed E-state index contributed by atoms with van der Waals surface area (Å²) in [5, 5.41) is 21.7. The zero-order chi connectivity index (χ0) is 23.3. The number of nitrogens with zero attached hydrogens (tertiary/aromatic N) is 2. The second-order valence-electron chi connectivity index (χ2n) is 7.54. The molecule has 3 N–H and O–H groups in total. The molecule has 0 radical (unpaired) electrons. The number of hydrogen-bond acceptors (Lipinski definition) is 6. The lowest BCUT2D eigenvalue weighted by atomic mass is 10.0. The highest BCUT2D eigenvalue weighted by molar-refractivity contribution is 5.97. The molecule has 0 saturated carbocycles. The lowest BCUT2D eigenvalue weighted by molar-refractivity contribution is 0.0600. The summed E-state index contributed by atoms with van der Waals surface area (Å²) < 4.78 is 4.72. The molecule has 0 bridgehead atoms. The zero-order valence-corrected chi connectivity index (χ0v) is 18.1. The van der Waals surface area contributed by atoms with E-state index in [-0.39, 0.29) is 25.2 Å². The van der Waals surface area contributed by atoms with Crippen molar-refractivity contribution in [3.8, 4) is 0 Å². The Morgan fingerprint density at radius 2 is 1.66 bits per heavy atom.